The van der Waals surface area contributed by atoms with Crippen LogP contribution in [-0.2, 0) is 6.42 Å². The molecule has 3 aromatic rings. The first-order chi connectivity index (χ1) is 8.79. The van der Waals surface area contributed by atoms with Crippen LogP contribution in [0.25, 0.3) is 22.4 Å². The van der Waals surface area contributed by atoms with E-state index in [9.17, 15) is 4.39 Å². The second-order valence-corrected chi connectivity index (χ2v) is 4.23. The maximum absolute atomic E-state index is 13.6. The van der Waals surface area contributed by atoms with Gasteiger partial charge in [-0.05, 0) is 24.1 Å². The van der Waals surface area contributed by atoms with Crippen LogP contribution in [-0.4, -0.2) is 9.97 Å². The van der Waals surface area contributed by atoms with E-state index < -0.39 is 0 Å². The van der Waals surface area contributed by atoms with Gasteiger partial charge in [-0.1, -0.05) is 37.3 Å². The number of fused-ring (bicyclic) bond motifs is 1. The summed E-state index contributed by atoms with van der Waals surface area (Å²) in [5.41, 5.74) is 3.38. The molecule has 0 saturated carbocycles. The Morgan fingerprint density at radius 2 is 1.94 bits per heavy atom. The number of aryl methyl sites for hydroxylation is 1. The van der Waals surface area contributed by atoms with Crippen LogP contribution < -0.4 is 0 Å². The lowest BCUT2D eigenvalue weighted by atomic mass is 10.1. The van der Waals surface area contributed by atoms with Crippen LogP contribution in [0.2, 0.25) is 0 Å². The summed E-state index contributed by atoms with van der Waals surface area (Å²) in [5, 5.41) is 0. The number of nitrogens with one attached hydrogen (secondary N) is 1. The number of H-pyrrole nitrogens is 1. The highest BCUT2D eigenvalue weighted by atomic mass is 19.1. The third kappa shape index (κ3) is 1.68. The molecule has 0 spiro atoms. The van der Waals surface area contributed by atoms with Gasteiger partial charge in [-0.15, -0.1) is 0 Å². The number of halogens is 1. The third-order valence-electron chi connectivity index (χ3n) is 3.12. The lowest BCUT2D eigenvalue weighted by Gasteiger charge is -2.03. The van der Waals surface area contributed by atoms with Gasteiger partial charge in [0.25, 0.3) is 0 Å². The average Bonchev–Trinajstić information content (AvgIpc) is 2.84. The summed E-state index contributed by atoms with van der Waals surface area (Å²) in [6.45, 7) is 2.10. The smallest absolute Gasteiger partial charge is 0.151 e. The molecule has 0 atom stereocenters. The third-order valence-corrected chi connectivity index (χ3v) is 3.12. The quantitative estimate of drug-likeness (QED) is 0.722. The zero-order valence-electron chi connectivity index (χ0n) is 10.1. The van der Waals surface area contributed by atoms with E-state index in [1.54, 1.807) is 6.07 Å². The molecule has 1 N–H and O–H groups in total. The summed E-state index contributed by atoms with van der Waals surface area (Å²) in [7, 11) is 0. The minimum atomic E-state index is -0.288. The molecule has 0 aliphatic rings. The molecule has 0 fully saturated rings. The molecule has 0 amide bonds. The Bertz CT molecular complexity index is 701. The van der Waals surface area contributed by atoms with Gasteiger partial charge in [0.15, 0.2) is 5.82 Å². The van der Waals surface area contributed by atoms with Crippen molar-refractivity contribution in [3.05, 3.63) is 53.8 Å². The summed E-state index contributed by atoms with van der Waals surface area (Å²) < 4.78 is 13.6. The Labute approximate surface area is 104 Å². The number of nitrogens with zero attached hydrogens (tertiary/aromatic N) is 1. The molecule has 90 valence electrons. The topological polar surface area (TPSA) is 28.7 Å². The van der Waals surface area contributed by atoms with Crippen molar-refractivity contribution in [2.75, 3.05) is 0 Å². The lowest BCUT2D eigenvalue weighted by Crippen LogP contribution is -1.88. The van der Waals surface area contributed by atoms with E-state index in [0.717, 1.165) is 23.3 Å². The van der Waals surface area contributed by atoms with Gasteiger partial charge in [0.05, 0.1) is 5.52 Å². The Morgan fingerprint density at radius 3 is 2.72 bits per heavy atom. The van der Waals surface area contributed by atoms with Gasteiger partial charge in [-0.3, -0.25) is 0 Å². The maximum atomic E-state index is 13.6. The Balaban J connectivity index is 2.23. The molecule has 0 aliphatic heterocycles. The number of aromatic amines is 1. The van der Waals surface area contributed by atoms with Gasteiger partial charge in [-0.25, -0.2) is 9.37 Å². The van der Waals surface area contributed by atoms with Gasteiger partial charge >= 0.3 is 0 Å². The van der Waals surface area contributed by atoms with E-state index in [1.165, 1.54) is 11.6 Å². The number of para-hydroxylation sites is 1. The van der Waals surface area contributed by atoms with Crippen molar-refractivity contribution in [3.63, 3.8) is 0 Å². The van der Waals surface area contributed by atoms with Gasteiger partial charge in [0, 0.05) is 5.56 Å². The molecule has 2 nitrogen and oxygen atoms in total. The largest absolute Gasteiger partial charge is 0.338 e. The SMILES string of the molecule is CCc1ccccc1-c1nc2c(F)cccc2[nH]1. The molecule has 0 unspecified atom stereocenters. The Kier molecular flexibility index (Phi) is 2.59. The van der Waals surface area contributed by atoms with E-state index in [-0.39, 0.29) is 5.82 Å². The van der Waals surface area contributed by atoms with Crippen LogP contribution in [0.4, 0.5) is 4.39 Å². The molecule has 3 rings (SSSR count). The van der Waals surface area contributed by atoms with Gasteiger partial charge < -0.3 is 4.98 Å². The highest BCUT2D eigenvalue weighted by molar-refractivity contribution is 5.80. The highest BCUT2D eigenvalue weighted by Crippen LogP contribution is 2.25. The first-order valence-corrected chi connectivity index (χ1v) is 6.02. The van der Waals surface area contributed by atoms with Gasteiger partial charge in [0.1, 0.15) is 11.3 Å². The van der Waals surface area contributed by atoms with E-state index in [0.29, 0.717) is 5.52 Å². The lowest BCUT2D eigenvalue weighted by molar-refractivity contribution is 0.637. The molecule has 0 saturated heterocycles. The minimum Gasteiger partial charge on any atom is -0.338 e. The number of aromatic nitrogens is 2. The van der Waals surface area contributed by atoms with Crippen LogP contribution in [0.1, 0.15) is 12.5 Å². The standard InChI is InChI=1S/C15H13FN2/c1-2-10-6-3-4-7-11(10)15-17-13-9-5-8-12(16)14(13)18-15/h3-9H,2H2,1H3,(H,17,18). The summed E-state index contributed by atoms with van der Waals surface area (Å²) in [6, 6.07) is 13.0. The molecule has 0 aliphatic carbocycles. The van der Waals surface area contributed by atoms with Crippen LogP contribution >= 0.6 is 0 Å². The van der Waals surface area contributed by atoms with Crippen molar-refractivity contribution >= 4 is 11.0 Å². The predicted molar refractivity (Wildman–Crippen MR) is 70.9 cm³/mol. The second kappa shape index (κ2) is 4.26. The van der Waals surface area contributed by atoms with Crippen molar-refractivity contribution in [1.82, 2.24) is 9.97 Å². The second-order valence-electron chi connectivity index (χ2n) is 4.23. The first-order valence-electron chi connectivity index (χ1n) is 6.02. The fraction of sp³-hybridized carbons (Fsp3) is 0.133. The molecule has 18 heavy (non-hydrogen) atoms. The van der Waals surface area contributed by atoms with Crippen molar-refractivity contribution < 1.29 is 4.39 Å². The van der Waals surface area contributed by atoms with Gasteiger partial charge in [0.2, 0.25) is 0 Å². The van der Waals surface area contributed by atoms with Crippen LogP contribution in [0.5, 0.6) is 0 Å². The summed E-state index contributed by atoms with van der Waals surface area (Å²) in [6.07, 6.45) is 0.926. The van der Waals surface area contributed by atoms with E-state index >= 15 is 0 Å². The molecular weight excluding hydrogens is 227 g/mol. The van der Waals surface area contributed by atoms with Crippen LogP contribution in [0.3, 0.4) is 0 Å². The summed E-state index contributed by atoms with van der Waals surface area (Å²) >= 11 is 0. The average molecular weight is 240 g/mol. The highest BCUT2D eigenvalue weighted by Gasteiger charge is 2.10. The normalized spacial score (nSPS) is 11.0. The van der Waals surface area contributed by atoms with E-state index in [2.05, 4.69) is 23.0 Å². The minimum absolute atomic E-state index is 0.288. The zero-order chi connectivity index (χ0) is 12.5. The zero-order valence-corrected chi connectivity index (χ0v) is 10.1. The number of hydrogen-bond acceptors (Lipinski definition) is 1. The molecule has 0 radical (unpaired) electrons. The molecule has 0 bridgehead atoms. The fourth-order valence-corrected chi connectivity index (χ4v) is 2.18. The molecule has 2 aromatic carbocycles. The van der Waals surface area contributed by atoms with Crippen molar-refractivity contribution in [2.45, 2.75) is 13.3 Å². The summed E-state index contributed by atoms with van der Waals surface area (Å²) in [4.78, 5) is 7.54. The molecule has 1 aromatic heterocycles. The van der Waals surface area contributed by atoms with Crippen LogP contribution in [0, 0.1) is 5.82 Å². The maximum Gasteiger partial charge on any atom is 0.151 e. The monoisotopic (exact) mass is 240 g/mol. The van der Waals surface area contributed by atoms with Crippen LogP contribution in [0.15, 0.2) is 42.5 Å². The van der Waals surface area contributed by atoms with E-state index in [4.69, 9.17) is 0 Å². The van der Waals surface area contributed by atoms with Crippen molar-refractivity contribution in [2.24, 2.45) is 0 Å². The van der Waals surface area contributed by atoms with Crippen molar-refractivity contribution in [1.29, 1.82) is 0 Å². The van der Waals surface area contributed by atoms with E-state index in [1.807, 2.05) is 24.3 Å². The number of hydrogen-bond donors (Lipinski definition) is 1. The Morgan fingerprint density at radius 1 is 1.11 bits per heavy atom. The summed E-state index contributed by atoms with van der Waals surface area (Å²) in [5.74, 6) is 0.441. The first kappa shape index (κ1) is 11.0. The molecule has 1 heterocycles. The number of imidazole rings is 1. The molecule has 3 heteroatoms. The fourth-order valence-electron chi connectivity index (χ4n) is 2.18. The number of rotatable bonds is 2. The molecular formula is C15H13FN2. The predicted octanol–water partition coefficient (Wildman–Crippen LogP) is 3.93. The Hall–Kier alpha value is -2.16. The van der Waals surface area contributed by atoms with Crippen molar-refractivity contribution in [3.8, 4) is 11.4 Å². The number of benzene rings is 2. The van der Waals surface area contributed by atoms with Gasteiger partial charge in [-0.2, -0.15) is 0 Å².